The van der Waals surface area contributed by atoms with E-state index in [2.05, 4.69) is 15.1 Å². The van der Waals surface area contributed by atoms with E-state index in [4.69, 9.17) is 4.74 Å². The van der Waals surface area contributed by atoms with Gasteiger partial charge in [0.1, 0.15) is 5.75 Å². The van der Waals surface area contributed by atoms with Crippen molar-refractivity contribution in [3.8, 4) is 5.75 Å². The zero-order valence-corrected chi connectivity index (χ0v) is 16.4. The molecule has 8 heteroatoms. The number of sulfonamides is 1. The zero-order valence-electron chi connectivity index (χ0n) is 15.6. The van der Waals surface area contributed by atoms with Gasteiger partial charge in [0.15, 0.2) is 5.82 Å². The Kier molecular flexibility index (Phi) is 5.15. The highest BCUT2D eigenvalue weighted by atomic mass is 32.2. The second kappa shape index (κ2) is 7.20. The van der Waals surface area contributed by atoms with Crippen molar-refractivity contribution in [3.05, 3.63) is 41.1 Å². The Morgan fingerprint density at radius 1 is 0.962 bits per heavy atom. The lowest BCUT2D eigenvalue weighted by molar-refractivity contribution is 0.381. The number of hydrogen-bond donors (Lipinski definition) is 0. The van der Waals surface area contributed by atoms with Gasteiger partial charge in [0, 0.05) is 32.2 Å². The standard InChI is InChI=1S/C18H24N4O3S/c1-13-11-14(2)17(12-16(13)25-4)26(23,24)22-9-7-21(8-10-22)18-6-5-15(3)19-20-18/h5-6,11-12H,7-10H2,1-4H3. The van der Waals surface area contributed by atoms with Crippen LogP contribution < -0.4 is 9.64 Å². The minimum Gasteiger partial charge on any atom is -0.496 e. The molecule has 1 aromatic heterocycles. The van der Waals surface area contributed by atoms with Gasteiger partial charge in [-0.2, -0.15) is 9.40 Å². The first-order valence-corrected chi connectivity index (χ1v) is 9.97. The number of hydrogen-bond acceptors (Lipinski definition) is 6. The molecule has 26 heavy (non-hydrogen) atoms. The predicted molar refractivity (Wildman–Crippen MR) is 100 cm³/mol. The highest BCUT2D eigenvalue weighted by molar-refractivity contribution is 7.89. The number of methoxy groups -OCH3 is 1. The summed E-state index contributed by atoms with van der Waals surface area (Å²) in [6, 6.07) is 7.30. The molecule has 2 heterocycles. The molecule has 1 aliphatic rings. The van der Waals surface area contributed by atoms with Crippen molar-refractivity contribution in [2.75, 3.05) is 38.2 Å². The van der Waals surface area contributed by atoms with Gasteiger partial charge in [-0.15, -0.1) is 5.10 Å². The fourth-order valence-corrected chi connectivity index (χ4v) is 4.81. The van der Waals surface area contributed by atoms with Crippen LogP contribution in [0, 0.1) is 20.8 Å². The number of aromatic nitrogens is 2. The molecule has 0 aliphatic carbocycles. The number of anilines is 1. The van der Waals surface area contributed by atoms with E-state index in [0.29, 0.717) is 36.8 Å². The van der Waals surface area contributed by atoms with Crippen LogP contribution in [0.4, 0.5) is 5.82 Å². The Balaban J connectivity index is 1.79. The van der Waals surface area contributed by atoms with Crippen molar-refractivity contribution < 1.29 is 13.2 Å². The third-order valence-electron chi connectivity index (χ3n) is 4.66. The van der Waals surface area contributed by atoms with Crippen LogP contribution in [0.5, 0.6) is 5.75 Å². The molecule has 1 aromatic carbocycles. The normalized spacial score (nSPS) is 15.9. The van der Waals surface area contributed by atoms with Gasteiger partial charge in [-0.3, -0.25) is 0 Å². The molecule has 140 valence electrons. The van der Waals surface area contributed by atoms with Crippen molar-refractivity contribution >= 4 is 15.8 Å². The van der Waals surface area contributed by atoms with Crippen LogP contribution in [0.3, 0.4) is 0 Å². The monoisotopic (exact) mass is 376 g/mol. The molecule has 1 fully saturated rings. The SMILES string of the molecule is COc1cc(S(=O)(=O)N2CCN(c3ccc(C)nn3)CC2)c(C)cc1C. The summed E-state index contributed by atoms with van der Waals surface area (Å²) in [4.78, 5) is 2.37. The van der Waals surface area contributed by atoms with Crippen molar-refractivity contribution in [3.63, 3.8) is 0 Å². The highest BCUT2D eigenvalue weighted by Gasteiger charge is 2.30. The van der Waals surface area contributed by atoms with Crippen molar-refractivity contribution in [2.24, 2.45) is 0 Å². The first kappa shape index (κ1) is 18.6. The van der Waals surface area contributed by atoms with E-state index in [1.807, 2.05) is 39.0 Å². The van der Waals surface area contributed by atoms with Crippen molar-refractivity contribution in [1.82, 2.24) is 14.5 Å². The number of aryl methyl sites for hydroxylation is 3. The summed E-state index contributed by atoms with van der Waals surface area (Å²) in [5.41, 5.74) is 2.51. The number of rotatable bonds is 4. The number of nitrogens with zero attached hydrogens (tertiary/aromatic N) is 4. The molecule has 2 aromatic rings. The lowest BCUT2D eigenvalue weighted by atomic mass is 10.1. The Morgan fingerprint density at radius 3 is 2.23 bits per heavy atom. The molecule has 0 N–H and O–H groups in total. The molecule has 1 saturated heterocycles. The second-order valence-corrected chi connectivity index (χ2v) is 8.42. The summed E-state index contributed by atoms with van der Waals surface area (Å²) in [6.07, 6.45) is 0. The molecule has 1 aliphatic heterocycles. The summed E-state index contributed by atoms with van der Waals surface area (Å²) in [7, 11) is -2.01. The van der Waals surface area contributed by atoms with Gasteiger partial charge in [-0.05, 0) is 44.0 Å². The van der Waals surface area contributed by atoms with Gasteiger partial charge in [0.05, 0.1) is 17.7 Å². The molecule has 0 radical (unpaired) electrons. The summed E-state index contributed by atoms with van der Waals surface area (Å²) >= 11 is 0. The zero-order chi connectivity index (χ0) is 18.9. The van der Waals surface area contributed by atoms with Crippen LogP contribution in [-0.4, -0.2) is 56.2 Å². The van der Waals surface area contributed by atoms with Gasteiger partial charge < -0.3 is 9.64 Å². The van der Waals surface area contributed by atoms with E-state index >= 15 is 0 Å². The maximum Gasteiger partial charge on any atom is 0.243 e. The first-order valence-electron chi connectivity index (χ1n) is 8.53. The maximum atomic E-state index is 13.1. The van der Waals surface area contributed by atoms with E-state index in [1.54, 1.807) is 13.2 Å². The molecule has 0 saturated carbocycles. The van der Waals surface area contributed by atoms with Gasteiger partial charge in [-0.25, -0.2) is 8.42 Å². The van der Waals surface area contributed by atoms with Crippen LogP contribution in [0.2, 0.25) is 0 Å². The van der Waals surface area contributed by atoms with Crippen LogP contribution in [-0.2, 0) is 10.0 Å². The van der Waals surface area contributed by atoms with E-state index < -0.39 is 10.0 Å². The lowest BCUT2D eigenvalue weighted by Crippen LogP contribution is -2.49. The lowest BCUT2D eigenvalue weighted by Gasteiger charge is -2.34. The van der Waals surface area contributed by atoms with Gasteiger partial charge in [0.2, 0.25) is 10.0 Å². The Labute approximate surface area is 154 Å². The average Bonchev–Trinajstić information content (AvgIpc) is 2.62. The third kappa shape index (κ3) is 3.52. The number of benzene rings is 1. The number of piperazine rings is 1. The summed E-state index contributed by atoms with van der Waals surface area (Å²) in [6.45, 7) is 7.60. The van der Waals surface area contributed by atoms with Crippen LogP contribution in [0.25, 0.3) is 0 Å². The van der Waals surface area contributed by atoms with E-state index in [0.717, 1.165) is 22.6 Å². The van der Waals surface area contributed by atoms with Crippen LogP contribution in [0.1, 0.15) is 16.8 Å². The predicted octanol–water partition coefficient (Wildman–Crippen LogP) is 1.92. The Morgan fingerprint density at radius 2 is 1.65 bits per heavy atom. The largest absolute Gasteiger partial charge is 0.496 e. The smallest absolute Gasteiger partial charge is 0.243 e. The van der Waals surface area contributed by atoms with Gasteiger partial charge >= 0.3 is 0 Å². The van der Waals surface area contributed by atoms with Crippen LogP contribution >= 0.6 is 0 Å². The molecule has 0 bridgehead atoms. The summed E-state index contributed by atoms with van der Waals surface area (Å²) < 4.78 is 33.0. The van der Waals surface area contributed by atoms with E-state index in [1.165, 1.54) is 4.31 Å². The molecule has 3 rings (SSSR count). The molecule has 0 amide bonds. The van der Waals surface area contributed by atoms with E-state index in [-0.39, 0.29) is 0 Å². The van der Waals surface area contributed by atoms with Gasteiger partial charge in [0.25, 0.3) is 0 Å². The van der Waals surface area contributed by atoms with Crippen molar-refractivity contribution in [2.45, 2.75) is 25.7 Å². The highest BCUT2D eigenvalue weighted by Crippen LogP contribution is 2.28. The quantitative estimate of drug-likeness (QED) is 0.812. The fourth-order valence-electron chi connectivity index (χ4n) is 3.17. The minimum absolute atomic E-state index is 0.309. The molecular formula is C18H24N4O3S. The van der Waals surface area contributed by atoms with Crippen LogP contribution in [0.15, 0.2) is 29.2 Å². The number of ether oxygens (including phenoxy) is 1. The summed E-state index contributed by atoms with van der Waals surface area (Å²) in [5.74, 6) is 1.36. The Bertz CT molecular complexity index is 889. The second-order valence-electron chi connectivity index (χ2n) is 6.51. The molecule has 7 nitrogen and oxygen atoms in total. The fraction of sp³-hybridized carbons (Fsp3) is 0.444. The van der Waals surface area contributed by atoms with E-state index in [9.17, 15) is 8.42 Å². The topological polar surface area (TPSA) is 75.6 Å². The minimum atomic E-state index is -3.56. The molecule has 0 atom stereocenters. The van der Waals surface area contributed by atoms with Crippen molar-refractivity contribution in [1.29, 1.82) is 0 Å². The molecular weight excluding hydrogens is 352 g/mol. The molecule has 0 spiro atoms. The third-order valence-corrected chi connectivity index (χ3v) is 6.70. The maximum absolute atomic E-state index is 13.1. The average molecular weight is 376 g/mol. The first-order chi connectivity index (χ1) is 12.3. The Hall–Kier alpha value is -2.19. The molecule has 0 unspecified atom stereocenters. The summed E-state index contributed by atoms with van der Waals surface area (Å²) in [5, 5.41) is 8.26. The van der Waals surface area contributed by atoms with Gasteiger partial charge in [-0.1, -0.05) is 6.07 Å².